The second kappa shape index (κ2) is 14.2. The number of anilines is 1. The summed E-state index contributed by atoms with van der Waals surface area (Å²) in [4.78, 5) is 5.21. The SMILES string of the molecule is CCOc1cc(F)c(CNc2ccccc2C(=[NH2+])C2=NC(NC3=C/C=C/CC(C)/C(C)=C\3)=C3CSCC3=C(CC)C2)c(F)c1. The number of halogens is 2. The highest BCUT2D eigenvalue weighted by molar-refractivity contribution is 8.00. The van der Waals surface area contributed by atoms with Crippen LogP contribution in [0.2, 0.25) is 0 Å². The number of nitrogens with one attached hydrogen (secondary N) is 2. The van der Waals surface area contributed by atoms with Gasteiger partial charge in [-0.2, -0.15) is 11.8 Å². The first-order chi connectivity index (χ1) is 21.3. The van der Waals surface area contributed by atoms with E-state index in [1.807, 2.05) is 36.0 Å². The van der Waals surface area contributed by atoms with E-state index in [0.29, 0.717) is 30.3 Å². The predicted molar refractivity (Wildman–Crippen MR) is 179 cm³/mol. The number of benzene rings is 2. The summed E-state index contributed by atoms with van der Waals surface area (Å²) in [6, 6.07) is 10.00. The van der Waals surface area contributed by atoms with Gasteiger partial charge in [-0.3, -0.25) is 5.41 Å². The monoisotopic (exact) mass is 615 g/mol. The highest BCUT2D eigenvalue weighted by Gasteiger charge is 2.29. The van der Waals surface area contributed by atoms with Gasteiger partial charge in [0.15, 0.2) is 0 Å². The molecule has 0 amide bonds. The van der Waals surface area contributed by atoms with Crippen molar-refractivity contribution in [3.05, 3.63) is 117 Å². The van der Waals surface area contributed by atoms with Crippen molar-refractivity contribution < 1.29 is 18.9 Å². The zero-order valence-electron chi connectivity index (χ0n) is 25.9. The molecule has 8 heteroatoms. The first kappa shape index (κ1) is 31.5. The van der Waals surface area contributed by atoms with Crippen LogP contribution in [0.5, 0.6) is 5.75 Å². The Kier molecular flexibility index (Phi) is 10.2. The fourth-order valence-corrected chi connectivity index (χ4v) is 6.80. The van der Waals surface area contributed by atoms with Crippen molar-refractivity contribution in [1.29, 1.82) is 0 Å². The Balaban J connectivity index is 1.47. The number of nitrogens with zero attached hydrogens (tertiary/aromatic N) is 1. The summed E-state index contributed by atoms with van der Waals surface area (Å²) in [5, 5.41) is 13.8. The van der Waals surface area contributed by atoms with Crippen molar-refractivity contribution >= 4 is 28.9 Å². The molecule has 1 aliphatic carbocycles. The molecule has 2 aromatic rings. The third-order valence-electron chi connectivity index (χ3n) is 8.36. The van der Waals surface area contributed by atoms with Crippen molar-refractivity contribution in [3.8, 4) is 5.75 Å². The third kappa shape index (κ3) is 7.07. The maximum atomic E-state index is 14.8. The van der Waals surface area contributed by atoms with Crippen LogP contribution in [0.25, 0.3) is 0 Å². The molecular formula is C36H41F2N4OS+. The number of nitrogens with two attached hydrogens (primary N) is 1. The summed E-state index contributed by atoms with van der Waals surface area (Å²) in [5.74, 6) is 1.98. The molecule has 0 saturated carbocycles. The van der Waals surface area contributed by atoms with Gasteiger partial charge in [-0.1, -0.05) is 49.3 Å². The van der Waals surface area contributed by atoms with Gasteiger partial charge in [-0.25, -0.2) is 13.8 Å². The van der Waals surface area contributed by atoms with Crippen LogP contribution in [0.4, 0.5) is 14.5 Å². The van der Waals surface area contributed by atoms with Gasteiger partial charge in [0.1, 0.15) is 28.9 Å². The number of allylic oxidation sites excluding steroid dienone is 6. The maximum Gasteiger partial charge on any atom is 0.228 e. The zero-order chi connectivity index (χ0) is 31.2. The van der Waals surface area contributed by atoms with Crippen LogP contribution in [-0.4, -0.2) is 29.5 Å². The van der Waals surface area contributed by atoms with Crippen LogP contribution in [0, 0.1) is 17.6 Å². The average molecular weight is 616 g/mol. The number of thioether (sulfide) groups is 1. The van der Waals surface area contributed by atoms with Gasteiger partial charge in [0.25, 0.3) is 0 Å². The lowest BCUT2D eigenvalue weighted by atomic mass is 9.94. The lowest BCUT2D eigenvalue weighted by Gasteiger charge is -2.16. The number of para-hydroxylation sites is 1. The molecule has 4 N–H and O–H groups in total. The highest BCUT2D eigenvalue weighted by atomic mass is 32.2. The van der Waals surface area contributed by atoms with Gasteiger partial charge in [0.05, 0.1) is 12.2 Å². The molecule has 5 rings (SSSR count). The number of hydrogen-bond acceptors (Lipinski definition) is 5. The lowest BCUT2D eigenvalue weighted by molar-refractivity contribution is -0.109. The standard InChI is InChI=1S/C36H40F2N4OS/c1-5-24-16-34(42-36(30-21-44-20-29(24)30)41-25-12-8-7-11-22(3)23(4)15-25)35(39)27-13-9-10-14-33(27)40-19-28-31(37)17-26(43-6-2)18-32(28)38/h7-10,12-15,17-18,22,39-41H,5-6,11,16,19-21H2,1-4H3/p+1/b8-7+,23-15-,25-12+,39-35?. The Morgan fingerprint density at radius 1 is 1.11 bits per heavy atom. The zero-order valence-corrected chi connectivity index (χ0v) is 26.7. The summed E-state index contributed by atoms with van der Waals surface area (Å²) in [7, 11) is 0. The molecule has 2 aliphatic heterocycles. The first-order valence-corrected chi connectivity index (χ1v) is 16.4. The predicted octanol–water partition coefficient (Wildman–Crippen LogP) is 7.05. The Hall–Kier alpha value is -3.91. The van der Waals surface area contributed by atoms with E-state index in [-0.39, 0.29) is 17.9 Å². The van der Waals surface area contributed by atoms with Crippen LogP contribution in [0.3, 0.4) is 0 Å². The van der Waals surface area contributed by atoms with E-state index in [2.05, 4.69) is 55.7 Å². The van der Waals surface area contributed by atoms with Gasteiger partial charge < -0.3 is 15.4 Å². The van der Waals surface area contributed by atoms with Crippen LogP contribution in [0.15, 0.2) is 99.5 Å². The Bertz CT molecular complexity index is 1610. The largest absolute Gasteiger partial charge is 0.494 e. The lowest BCUT2D eigenvalue weighted by Crippen LogP contribution is -2.46. The van der Waals surface area contributed by atoms with Gasteiger partial charge in [-0.15, -0.1) is 0 Å². The number of aliphatic imine (C=N–C) groups is 1. The average Bonchev–Trinajstić information content (AvgIpc) is 3.44. The maximum absolute atomic E-state index is 14.8. The second-order valence-corrected chi connectivity index (χ2v) is 12.3. The molecule has 230 valence electrons. The molecule has 44 heavy (non-hydrogen) atoms. The number of ether oxygens (including phenoxy) is 1. The summed E-state index contributed by atoms with van der Waals surface area (Å²) >= 11 is 1.91. The summed E-state index contributed by atoms with van der Waals surface area (Å²) in [6.07, 6.45) is 11.2. The fraction of sp³-hybridized carbons (Fsp3) is 0.333. The summed E-state index contributed by atoms with van der Waals surface area (Å²) < 4.78 is 34.9. The van der Waals surface area contributed by atoms with E-state index in [0.717, 1.165) is 47.1 Å². The van der Waals surface area contributed by atoms with Crippen LogP contribution in [0.1, 0.15) is 58.1 Å². The van der Waals surface area contributed by atoms with Crippen LogP contribution < -0.4 is 20.8 Å². The van der Waals surface area contributed by atoms with E-state index in [1.165, 1.54) is 34.4 Å². The normalized spacial score (nSPS) is 21.6. The van der Waals surface area contributed by atoms with E-state index in [4.69, 9.17) is 15.1 Å². The van der Waals surface area contributed by atoms with Gasteiger partial charge >= 0.3 is 0 Å². The van der Waals surface area contributed by atoms with Gasteiger partial charge in [0.2, 0.25) is 5.71 Å². The molecule has 0 bridgehead atoms. The van der Waals surface area contributed by atoms with Crippen molar-refractivity contribution in [3.63, 3.8) is 0 Å². The quantitative estimate of drug-likeness (QED) is 0.251. The molecule has 1 atom stereocenters. The Labute approximate surface area is 263 Å². The molecule has 3 aliphatic rings. The molecule has 0 radical (unpaired) electrons. The second-order valence-electron chi connectivity index (χ2n) is 11.3. The molecule has 2 aromatic carbocycles. The Morgan fingerprint density at radius 3 is 2.61 bits per heavy atom. The van der Waals surface area contributed by atoms with Crippen LogP contribution >= 0.6 is 11.8 Å². The minimum Gasteiger partial charge on any atom is -0.494 e. The number of rotatable bonds is 10. The van der Waals surface area contributed by atoms with Gasteiger partial charge in [0, 0.05) is 59.1 Å². The van der Waals surface area contributed by atoms with Crippen LogP contribution in [-0.2, 0) is 6.54 Å². The first-order valence-electron chi connectivity index (χ1n) is 15.3. The van der Waals surface area contributed by atoms with Crippen molar-refractivity contribution in [2.45, 2.75) is 53.5 Å². The van der Waals surface area contributed by atoms with Crippen molar-refractivity contribution in [2.24, 2.45) is 10.9 Å². The van der Waals surface area contributed by atoms with E-state index < -0.39 is 11.6 Å². The van der Waals surface area contributed by atoms with Crippen molar-refractivity contribution in [2.75, 3.05) is 23.4 Å². The molecular weight excluding hydrogens is 574 g/mol. The topological polar surface area (TPSA) is 71.2 Å². The molecule has 1 saturated heterocycles. The molecule has 2 heterocycles. The van der Waals surface area contributed by atoms with E-state index >= 15 is 0 Å². The smallest absolute Gasteiger partial charge is 0.228 e. The minimum absolute atomic E-state index is 0.0506. The number of hydrogen-bond donors (Lipinski definition) is 3. The molecule has 1 fully saturated rings. The molecule has 5 nitrogen and oxygen atoms in total. The fourth-order valence-electron chi connectivity index (χ4n) is 5.60. The minimum atomic E-state index is -0.661. The third-order valence-corrected chi connectivity index (χ3v) is 9.34. The molecule has 1 unspecified atom stereocenters. The molecule has 0 aromatic heterocycles. The van der Waals surface area contributed by atoms with E-state index in [1.54, 1.807) is 6.92 Å². The van der Waals surface area contributed by atoms with Crippen molar-refractivity contribution in [1.82, 2.24) is 5.32 Å². The molecule has 0 spiro atoms. The Morgan fingerprint density at radius 2 is 1.86 bits per heavy atom. The highest BCUT2D eigenvalue weighted by Crippen LogP contribution is 2.38. The number of fused-ring (bicyclic) bond motifs is 1. The van der Waals surface area contributed by atoms with Gasteiger partial charge in [-0.05, 0) is 62.5 Å². The summed E-state index contributed by atoms with van der Waals surface area (Å²) in [5.41, 5.74) is 8.88. The van der Waals surface area contributed by atoms with E-state index in [9.17, 15) is 8.78 Å². The summed E-state index contributed by atoms with van der Waals surface area (Å²) in [6.45, 7) is 8.64.